The van der Waals surface area contributed by atoms with E-state index in [1.54, 1.807) is 42.3 Å². The van der Waals surface area contributed by atoms with Gasteiger partial charge in [0.2, 0.25) is 11.7 Å². The maximum atomic E-state index is 13.0. The maximum absolute atomic E-state index is 13.0. The van der Waals surface area contributed by atoms with E-state index < -0.39 is 5.91 Å². The lowest BCUT2D eigenvalue weighted by Crippen LogP contribution is -2.10. The molecule has 7 heteroatoms. The van der Waals surface area contributed by atoms with Crippen LogP contribution in [-0.4, -0.2) is 31.4 Å². The van der Waals surface area contributed by atoms with Gasteiger partial charge in [0, 0.05) is 36.0 Å². The molecule has 0 aliphatic rings. The third-order valence-electron chi connectivity index (χ3n) is 4.51. The number of ketones is 1. The molecule has 4 rings (SSSR count). The third-order valence-corrected chi connectivity index (χ3v) is 4.51. The summed E-state index contributed by atoms with van der Waals surface area (Å²) in [5.74, 6) is -0.590. The zero-order valence-corrected chi connectivity index (χ0v) is 14.9. The van der Waals surface area contributed by atoms with E-state index in [0.717, 1.165) is 22.2 Å². The van der Waals surface area contributed by atoms with Gasteiger partial charge in [-0.05, 0) is 36.8 Å². The molecule has 4 aromatic rings. The largest absolute Gasteiger partial charge is 0.366 e. The summed E-state index contributed by atoms with van der Waals surface area (Å²) >= 11 is 0. The number of pyridine rings is 1. The van der Waals surface area contributed by atoms with Crippen LogP contribution in [0.5, 0.6) is 0 Å². The third kappa shape index (κ3) is 2.89. The Bertz CT molecular complexity index is 1190. The van der Waals surface area contributed by atoms with E-state index in [9.17, 15) is 9.59 Å². The summed E-state index contributed by atoms with van der Waals surface area (Å²) in [5.41, 5.74) is 9.92. The van der Waals surface area contributed by atoms with Crippen molar-refractivity contribution in [2.45, 2.75) is 6.92 Å². The van der Waals surface area contributed by atoms with Crippen molar-refractivity contribution in [3.8, 4) is 11.1 Å². The van der Waals surface area contributed by atoms with Gasteiger partial charge in [-0.2, -0.15) is 5.10 Å². The normalized spacial score (nSPS) is 11.0. The summed E-state index contributed by atoms with van der Waals surface area (Å²) in [4.78, 5) is 31.7. The van der Waals surface area contributed by atoms with Gasteiger partial charge >= 0.3 is 0 Å². The van der Waals surface area contributed by atoms with E-state index in [4.69, 9.17) is 5.73 Å². The van der Waals surface area contributed by atoms with Crippen LogP contribution in [0.25, 0.3) is 22.2 Å². The van der Waals surface area contributed by atoms with Crippen LogP contribution in [0.4, 0.5) is 0 Å². The minimum absolute atomic E-state index is 0.118. The zero-order valence-electron chi connectivity index (χ0n) is 14.9. The molecule has 0 atom stereocenters. The topological polar surface area (TPSA) is 107 Å². The number of carbonyl (C=O) groups is 2. The maximum Gasteiger partial charge on any atom is 0.248 e. The number of carbonyl (C=O) groups excluding carboxylic acids is 2. The Balaban J connectivity index is 1.78. The summed E-state index contributed by atoms with van der Waals surface area (Å²) in [6, 6.07) is 10.6. The van der Waals surface area contributed by atoms with E-state index in [-0.39, 0.29) is 5.78 Å². The molecule has 3 heterocycles. The molecule has 0 fully saturated rings. The van der Waals surface area contributed by atoms with E-state index in [2.05, 4.69) is 15.1 Å². The molecule has 0 spiro atoms. The molecule has 0 saturated heterocycles. The van der Waals surface area contributed by atoms with Crippen molar-refractivity contribution in [1.29, 1.82) is 0 Å². The number of hydrogen-bond donors (Lipinski definition) is 2. The number of aromatic nitrogens is 4. The second kappa shape index (κ2) is 6.21. The highest BCUT2D eigenvalue weighted by atomic mass is 16.1. The minimum atomic E-state index is -0.472. The molecule has 0 unspecified atom stereocenters. The first-order valence-electron chi connectivity index (χ1n) is 8.37. The Morgan fingerprint density at radius 3 is 2.48 bits per heavy atom. The molecule has 0 aliphatic carbocycles. The fraction of sp³-hybridized carbons (Fsp3) is 0.100. The smallest absolute Gasteiger partial charge is 0.248 e. The summed E-state index contributed by atoms with van der Waals surface area (Å²) in [6.07, 6.45) is 3.39. The van der Waals surface area contributed by atoms with Gasteiger partial charge in [-0.15, -0.1) is 0 Å². The number of aromatic amines is 1. The Hall–Kier alpha value is -3.74. The number of rotatable bonds is 4. The average molecular weight is 359 g/mol. The van der Waals surface area contributed by atoms with Gasteiger partial charge in [0.05, 0.1) is 11.3 Å². The van der Waals surface area contributed by atoms with Crippen molar-refractivity contribution in [1.82, 2.24) is 19.7 Å². The van der Waals surface area contributed by atoms with Crippen molar-refractivity contribution in [3.05, 3.63) is 71.3 Å². The van der Waals surface area contributed by atoms with Gasteiger partial charge < -0.3 is 10.7 Å². The van der Waals surface area contributed by atoms with Crippen molar-refractivity contribution in [3.63, 3.8) is 0 Å². The number of hydrogen-bond acceptors (Lipinski definition) is 4. The van der Waals surface area contributed by atoms with Crippen LogP contribution in [-0.2, 0) is 7.05 Å². The second-order valence-electron chi connectivity index (χ2n) is 6.39. The first-order valence-corrected chi connectivity index (χ1v) is 8.37. The summed E-state index contributed by atoms with van der Waals surface area (Å²) in [7, 11) is 1.75. The number of benzene rings is 1. The minimum Gasteiger partial charge on any atom is -0.366 e. The highest BCUT2D eigenvalue weighted by Crippen LogP contribution is 2.26. The lowest BCUT2D eigenvalue weighted by Gasteiger charge is -2.04. The Morgan fingerprint density at radius 2 is 1.85 bits per heavy atom. The average Bonchev–Trinajstić information content (AvgIpc) is 3.23. The zero-order chi connectivity index (χ0) is 19.1. The fourth-order valence-electron chi connectivity index (χ4n) is 3.14. The van der Waals surface area contributed by atoms with Gasteiger partial charge in [0.15, 0.2) is 0 Å². The second-order valence-corrected chi connectivity index (χ2v) is 6.39. The molecule has 3 aromatic heterocycles. The molecular formula is C20H17N5O2. The van der Waals surface area contributed by atoms with Crippen LogP contribution >= 0.6 is 0 Å². The Morgan fingerprint density at radius 1 is 1.11 bits per heavy atom. The van der Waals surface area contributed by atoms with Crippen LogP contribution in [0.2, 0.25) is 0 Å². The number of aryl methyl sites for hydroxylation is 2. The van der Waals surface area contributed by atoms with Crippen LogP contribution in [0, 0.1) is 6.92 Å². The monoisotopic (exact) mass is 359 g/mol. The summed E-state index contributed by atoms with van der Waals surface area (Å²) < 4.78 is 1.58. The molecule has 1 amide bonds. The van der Waals surface area contributed by atoms with Gasteiger partial charge in [-0.3, -0.25) is 14.3 Å². The first kappa shape index (κ1) is 16.7. The molecule has 0 radical (unpaired) electrons. The number of nitrogens with zero attached hydrogens (tertiary/aromatic N) is 3. The molecule has 0 saturated carbocycles. The van der Waals surface area contributed by atoms with Gasteiger partial charge in [0.25, 0.3) is 0 Å². The van der Waals surface area contributed by atoms with E-state index in [1.807, 2.05) is 25.1 Å². The SMILES string of the molecule is Cc1cc(C(=O)c2c[nH]c3ncc(-c4ccc(C(N)=O)cc4)cc23)n(C)n1. The number of nitrogens with two attached hydrogens (primary N) is 1. The number of nitrogens with one attached hydrogen (secondary N) is 1. The van der Waals surface area contributed by atoms with Gasteiger partial charge in [-0.25, -0.2) is 4.98 Å². The van der Waals surface area contributed by atoms with E-state index in [1.165, 1.54) is 0 Å². The Labute approximate surface area is 154 Å². The highest BCUT2D eigenvalue weighted by Gasteiger charge is 2.19. The molecule has 3 N–H and O–H groups in total. The standard InChI is InChI=1S/C20H17N5O2/c1-11-7-17(25(2)24-11)18(26)16-10-23-20-15(16)8-14(9-22-20)12-3-5-13(6-4-12)19(21)27/h3-10H,1-2H3,(H2,21,27)(H,22,23). The first-order chi connectivity index (χ1) is 12.9. The molecule has 27 heavy (non-hydrogen) atoms. The van der Waals surface area contributed by atoms with Crippen molar-refractivity contribution in [2.24, 2.45) is 12.8 Å². The van der Waals surface area contributed by atoms with Crippen LogP contribution < -0.4 is 5.73 Å². The van der Waals surface area contributed by atoms with Crippen LogP contribution in [0.3, 0.4) is 0 Å². The van der Waals surface area contributed by atoms with Crippen molar-refractivity contribution < 1.29 is 9.59 Å². The van der Waals surface area contributed by atoms with Crippen LogP contribution in [0.1, 0.15) is 32.1 Å². The lowest BCUT2D eigenvalue weighted by molar-refractivity contribution is 0.0998. The molecule has 0 aliphatic heterocycles. The number of fused-ring (bicyclic) bond motifs is 1. The number of H-pyrrole nitrogens is 1. The molecule has 7 nitrogen and oxygen atoms in total. The quantitative estimate of drug-likeness (QED) is 0.546. The van der Waals surface area contributed by atoms with E-state index >= 15 is 0 Å². The molecule has 0 bridgehead atoms. The molecule has 134 valence electrons. The predicted molar refractivity (Wildman–Crippen MR) is 101 cm³/mol. The summed E-state index contributed by atoms with van der Waals surface area (Å²) in [5, 5.41) is 4.97. The molecule has 1 aromatic carbocycles. The molecular weight excluding hydrogens is 342 g/mol. The number of amides is 1. The van der Waals surface area contributed by atoms with E-state index in [0.29, 0.717) is 22.5 Å². The van der Waals surface area contributed by atoms with Crippen molar-refractivity contribution >= 4 is 22.7 Å². The highest BCUT2D eigenvalue weighted by molar-refractivity contribution is 6.15. The lowest BCUT2D eigenvalue weighted by atomic mass is 10.0. The van der Waals surface area contributed by atoms with Crippen molar-refractivity contribution in [2.75, 3.05) is 0 Å². The fourth-order valence-corrected chi connectivity index (χ4v) is 3.14. The van der Waals surface area contributed by atoms with Gasteiger partial charge in [0.1, 0.15) is 11.3 Å². The predicted octanol–water partition coefficient (Wildman–Crippen LogP) is 2.60. The number of primary amides is 1. The van der Waals surface area contributed by atoms with Gasteiger partial charge in [-0.1, -0.05) is 12.1 Å². The van der Waals surface area contributed by atoms with Crippen LogP contribution in [0.15, 0.2) is 48.8 Å². The Kier molecular flexibility index (Phi) is 3.84. The summed E-state index contributed by atoms with van der Waals surface area (Å²) in [6.45, 7) is 1.85.